The number of carbonyl (C=O) groups is 1. The summed E-state index contributed by atoms with van der Waals surface area (Å²) in [5.74, 6) is 0.263. The minimum atomic E-state index is -0.328. The monoisotopic (exact) mass is 305 g/mol. The molecule has 2 aromatic heterocycles. The van der Waals surface area contributed by atoms with Gasteiger partial charge in [0.1, 0.15) is 11.5 Å². The summed E-state index contributed by atoms with van der Waals surface area (Å²) in [7, 11) is 0. The second kappa shape index (κ2) is 6.65. The highest BCUT2D eigenvalue weighted by molar-refractivity contribution is 6.07. The smallest absolute Gasteiger partial charge is 0.275 e. The summed E-state index contributed by atoms with van der Waals surface area (Å²) in [4.78, 5) is 24.9. The maximum absolute atomic E-state index is 12.3. The van der Waals surface area contributed by atoms with E-state index in [2.05, 4.69) is 32.2 Å². The van der Waals surface area contributed by atoms with E-state index in [1.54, 1.807) is 18.3 Å². The van der Waals surface area contributed by atoms with Crippen LogP contribution in [0.5, 0.6) is 0 Å². The SMILES string of the molecule is C=CCNc1cnc(C(=O)Nc2cccc3cccnc23)cn1. The van der Waals surface area contributed by atoms with Crippen LogP contribution in [0.1, 0.15) is 10.5 Å². The van der Waals surface area contributed by atoms with Crippen LogP contribution in [0.3, 0.4) is 0 Å². The Bertz CT molecular complexity index is 840. The molecule has 0 fully saturated rings. The van der Waals surface area contributed by atoms with Gasteiger partial charge < -0.3 is 10.6 Å². The quantitative estimate of drug-likeness (QED) is 0.709. The largest absolute Gasteiger partial charge is 0.365 e. The topological polar surface area (TPSA) is 79.8 Å². The fraction of sp³-hybridized carbons (Fsp3) is 0.0588. The highest BCUT2D eigenvalue weighted by Crippen LogP contribution is 2.21. The lowest BCUT2D eigenvalue weighted by Gasteiger charge is -2.08. The number of fused-ring (bicyclic) bond motifs is 1. The van der Waals surface area contributed by atoms with E-state index in [0.717, 1.165) is 10.9 Å². The molecule has 2 N–H and O–H groups in total. The molecule has 0 spiro atoms. The van der Waals surface area contributed by atoms with E-state index >= 15 is 0 Å². The fourth-order valence-corrected chi connectivity index (χ4v) is 2.10. The molecule has 0 aliphatic heterocycles. The van der Waals surface area contributed by atoms with Gasteiger partial charge in [-0.2, -0.15) is 0 Å². The third-order valence-corrected chi connectivity index (χ3v) is 3.19. The molecule has 0 aliphatic rings. The van der Waals surface area contributed by atoms with Crippen molar-refractivity contribution in [3.63, 3.8) is 0 Å². The van der Waals surface area contributed by atoms with Crippen molar-refractivity contribution < 1.29 is 4.79 Å². The Hall–Kier alpha value is -3.28. The number of amides is 1. The number of hydrogen-bond donors (Lipinski definition) is 2. The summed E-state index contributed by atoms with van der Waals surface area (Å²) < 4.78 is 0. The van der Waals surface area contributed by atoms with Gasteiger partial charge in [0.05, 0.1) is 23.6 Å². The number of pyridine rings is 1. The van der Waals surface area contributed by atoms with Crippen LogP contribution in [0.2, 0.25) is 0 Å². The number of anilines is 2. The maximum atomic E-state index is 12.3. The molecule has 1 aromatic carbocycles. The first-order valence-corrected chi connectivity index (χ1v) is 7.10. The first kappa shape index (κ1) is 14.6. The van der Waals surface area contributed by atoms with E-state index in [1.165, 1.54) is 12.4 Å². The summed E-state index contributed by atoms with van der Waals surface area (Å²) in [5.41, 5.74) is 1.62. The Morgan fingerprint density at radius 3 is 2.78 bits per heavy atom. The minimum Gasteiger partial charge on any atom is -0.365 e. The van der Waals surface area contributed by atoms with Gasteiger partial charge in [-0.1, -0.05) is 24.3 Å². The van der Waals surface area contributed by atoms with Gasteiger partial charge in [-0.25, -0.2) is 9.97 Å². The third-order valence-electron chi connectivity index (χ3n) is 3.19. The molecule has 0 saturated carbocycles. The predicted molar refractivity (Wildman–Crippen MR) is 90.4 cm³/mol. The molecular formula is C17H15N5O. The second-order valence-corrected chi connectivity index (χ2v) is 4.79. The molecule has 6 heteroatoms. The Morgan fingerprint density at radius 2 is 2.00 bits per heavy atom. The Kier molecular flexibility index (Phi) is 4.24. The van der Waals surface area contributed by atoms with Gasteiger partial charge in [0, 0.05) is 18.1 Å². The van der Waals surface area contributed by atoms with Crippen molar-refractivity contribution in [3.05, 3.63) is 67.3 Å². The lowest BCUT2D eigenvalue weighted by atomic mass is 10.2. The number of nitrogens with one attached hydrogen (secondary N) is 2. The van der Waals surface area contributed by atoms with Gasteiger partial charge in [-0.05, 0) is 12.1 Å². The molecule has 1 amide bonds. The van der Waals surface area contributed by atoms with E-state index in [-0.39, 0.29) is 11.6 Å². The van der Waals surface area contributed by atoms with Crippen molar-refractivity contribution in [2.45, 2.75) is 0 Å². The molecule has 0 aliphatic carbocycles. The van der Waals surface area contributed by atoms with Crippen LogP contribution < -0.4 is 10.6 Å². The summed E-state index contributed by atoms with van der Waals surface area (Å²) in [6, 6.07) is 9.42. The number of para-hydroxylation sites is 1. The molecule has 0 radical (unpaired) electrons. The molecule has 6 nitrogen and oxygen atoms in total. The zero-order valence-electron chi connectivity index (χ0n) is 12.4. The first-order chi connectivity index (χ1) is 11.3. The van der Waals surface area contributed by atoms with E-state index in [0.29, 0.717) is 18.1 Å². The third kappa shape index (κ3) is 3.32. The molecule has 0 bridgehead atoms. The van der Waals surface area contributed by atoms with Crippen molar-refractivity contribution in [2.75, 3.05) is 17.2 Å². The van der Waals surface area contributed by atoms with Crippen LogP contribution in [0.4, 0.5) is 11.5 Å². The number of rotatable bonds is 5. The Labute approximate surface area is 133 Å². The van der Waals surface area contributed by atoms with Gasteiger partial charge in [-0.3, -0.25) is 9.78 Å². The number of hydrogen-bond acceptors (Lipinski definition) is 5. The average molecular weight is 305 g/mol. The van der Waals surface area contributed by atoms with Crippen molar-refractivity contribution in [3.8, 4) is 0 Å². The van der Waals surface area contributed by atoms with E-state index < -0.39 is 0 Å². The maximum Gasteiger partial charge on any atom is 0.275 e. The zero-order valence-corrected chi connectivity index (χ0v) is 12.4. The summed E-state index contributed by atoms with van der Waals surface area (Å²) >= 11 is 0. The van der Waals surface area contributed by atoms with Crippen LogP contribution >= 0.6 is 0 Å². The lowest BCUT2D eigenvalue weighted by molar-refractivity contribution is 0.102. The predicted octanol–water partition coefficient (Wildman–Crippen LogP) is 2.88. The summed E-state index contributed by atoms with van der Waals surface area (Å²) in [5, 5.41) is 6.78. The van der Waals surface area contributed by atoms with Crippen LogP contribution in [0, 0.1) is 0 Å². The summed E-state index contributed by atoms with van der Waals surface area (Å²) in [6.45, 7) is 4.20. The van der Waals surface area contributed by atoms with Gasteiger partial charge in [0.15, 0.2) is 0 Å². The molecule has 2 heterocycles. The highest BCUT2D eigenvalue weighted by Gasteiger charge is 2.10. The van der Waals surface area contributed by atoms with Gasteiger partial charge >= 0.3 is 0 Å². The zero-order chi connectivity index (χ0) is 16.1. The lowest BCUT2D eigenvalue weighted by Crippen LogP contribution is -2.15. The van der Waals surface area contributed by atoms with Crippen LogP contribution in [-0.2, 0) is 0 Å². The van der Waals surface area contributed by atoms with E-state index in [4.69, 9.17) is 0 Å². The fourth-order valence-electron chi connectivity index (χ4n) is 2.10. The number of aromatic nitrogens is 3. The van der Waals surface area contributed by atoms with Crippen molar-refractivity contribution in [2.24, 2.45) is 0 Å². The molecular weight excluding hydrogens is 290 g/mol. The molecule has 114 valence electrons. The number of carbonyl (C=O) groups excluding carboxylic acids is 1. The van der Waals surface area contributed by atoms with E-state index in [9.17, 15) is 4.79 Å². The minimum absolute atomic E-state index is 0.238. The van der Waals surface area contributed by atoms with Gasteiger partial charge in [-0.15, -0.1) is 6.58 Å². The second-order valence-electron chi connectivity index (χ2n) is 4.79. The van der Waals surface area contributed by atoms with Crippen LogP contribution in [-0.4, -0.2) is 27.4 Å². The standard InChI is InChI=1S/C17H15N5O/c1-2-8-18-15-11-20-14(10-21-15)17(23)22-13-7-3-5-12-6-4-9-19-16(12)13/h2-7,9-11H,1,8H2,(H,18,21)(H,22,23). The molecule has 0 unspecified atom stereocenters. The molecule has 23 heavy (non-hydrogen) atoms. The van der Waals surface area contributed by atoms with Gasteiger partial charge in [0.25, 0.3) is 5.91 Å². The van der Waals surface area contributed by atoms with Crippen molar-refractivity contribution >= 4 is 28.3 Å². The molecule has 3 rings (SSSR count). The number of benzene rings is 1. The Balaban J connectivity index is 1.79. The van der Waals surface area contributed by atoms with Crippen LogP contribution in [0.25, 0.3) is 10.9 Å². The molecule has 0 saturated heterocycles. The summed E-state index contributed by atoms with van der Waals surface area (Å²) in [6.07, 6.45) is 6.35. The van der Waals surface area contributed by atoms with Crippen LogP contribution in [0.15, 0.2) is 61.6 Å². The van der Waals surface area contributed by atoms with E-state index in [1.807, 2.05) is 24.3 Å². The number of nitrogens with zero attached hydrogens (tertiary/aromatic N) is 3. The van der Waals surface area contributed by atoms with Crippen molar-refractivity contribution in [1.29, 1.82) is 0 Å². The van der Waals surface area contributed by atoms with Gasteiger partial charge in [0.2, 0.25) is 0 Å². The normalized spacial score (nSPS) is 10.3. The molecule has 3 aromatic rings. The van der Waals surface area contributed by atoms with Crippen molar-refractivity contribution in [1.82, 2.24) is 15.0 Å². The molecule has 0 atom stereocenters. The highest BCUT2D eigenvalue weighted by atomic mass is 16.1. The first-order valence-electron chi connectivity index (χ1n) is 7.10. The Morgan fingerprint density at radius 1 is 1.13 bits per heavy atom. The average Bonchev–Trinajstić information content (AvgIpc) is 2.60.